The molecular weight excluding hydrogens is 603 g/mol. The summed E-state index contributed by atoms with van der Waals surface area (Å²) < 4.78 is 0. The zero-order valence-electron chi connectivity index (χ0n) is 26.7. The van der Waals surface area contributed by atoms with E-state index in [-0.39, 0.29) is 5.41 Å². The minimum absolute atomic E-state index is 0.248. The first kappa shape index (κ1) is 29.6. The van der Waals surface area contributed by atoms with Gasteiger partial charge in [0, 0.05) is 31.9 Å². The van der Waals surface area contributed by atoms with Gasteiger partial charge in [-0.3, -0.25) is 0 Å². The molecule has 2 heterocycles. The van der Waals surface area contributed by atoms with Crippen molar-refractivity contribution >= 4 is 11.8 Å². The molecule has 0 atom stereocenters. The number of hydrogen-bond donors (Lipinski definition) is 0. The summed E-state index contributed by atoms with van der Waals surface area (Å²) in [5, 5.41) is 9.79. The smallest absolute Gasteiger partial charge is 0.160 e. The van der Waals surface area contributed by atoms with E-state index in [1.807, 2.05) is 48.5 Å². The molecule has 0 spiro atoms. The Balaban J connectivity index is 1.12. The third-order valence-electron chi connectivity index (χ3n) is 9.18. The molecule has 0 fully saturated rings. The normalized spacial score (nSPS) is 12.9. The molecule has 6 aromatic carbocycles. The zero-order valence-corrected chi connectivity index (χ0v) is 27.5. The molecule has 3 nitrogen and oxygen atoms in total. The standard InChI is InChI=1S/C44H31N3S/c1-44(2)37-24-23-34(26-41(37)48-40-18-10-17-36(28-45)42(40)44)30-21-19-29(20-22-30)33-15-9-16-35(25-33)43-46-38(31-11-5-3-6-12-31)27-39(47-43)32-13-7-4-8-14-32/h3-27H,1-2H3. The van der Waals surface area contributed by atoms with E-state index in [1.54, 1.807) is 11.8 Å². The highest BCUT2D eigenvalue weighted by molar-refractivity contribution is 7.99. The predicted molar refractivity (Wildman–Crippen MR) is 197 cm³/mol. The van der Waals surface area contributed by atoms with Crippen LogP contribution < -0.4 is 0 Å². The second-order valence-corrected chi connectivity index (χ2v) is 13.7. The molecule has 4 heteroatoms. The number of nitrogens with zero attached hydrogens (tertiary/aromatic N) is 3. The Hall–Kier alpha value is -5.76. The second kappa shape index (κ2) is 12.1. The first-order chi connectivity index (χ1) is 23.5. The van der Waals surface area contributed by atoms with Crippen LogP contribution in [0.1, 0.15) is 30.5 Å². The summed E-state index contributed by atoms with van der Waals surface area (Å²) in [6.45, 7) is 4.44. The quantitative estimate of drug-likeness (QED) is 0.189. The summed E-state index contributed by atoms with van der Waals surface area (Å²) >= 11 is 1.76. The van der Waals surface area contributed by atoms with E-state index in [9.17, 15) is 5.26 Å². The summed E-state index contributed by atoms with van der Waals surface area (Å²) in [5.41, 5.74) is 12.4. The van der Waals surface area contributed by atoms with Gasteiger partial charge >= 0.3 is 0 Å². The Bertz CT molecular complexity index is 2280. The summed E-state index contributed by atoms with van der Waals surface area (Å²) in [4.78, 5) is 12.5. The summed E-state index contributed by atoms with van der Waals surface area (Å²) in [7, 11) is 0. The van der Waals surface area contributed by atoms with Crippen LogP contribution >= 0.6 is 11.8 Å². The van der Waals surface area contributed by atoms with Crippen molar-refractivity contribution in [3.05, 3.63) is 168 Å². The first-order valence-electron chi connectivity index (χ1n) is 16.0. The van der Waals surface area contributed by atoms with Crippen LogP contribution in [0.25, 0.3) is 56.2 Å². The minimum Gasteiger partial charge on any atom is -0.228 e. The maximum Gasteiger partial charge on any atom is 0.160 e. The summed E-state index contributed by atoms with van der Waals surface area (Å²) in [5.74, 6) is 0.701. The van der Waals surface area contributed by atoms with Crippen molar-refractivity contribution < 1.29 is 0 Å². The van der Waals surface area contributed by atoms with Crippen molar-refractivity contribution in [2.24, 2.45) is 0 Å². The molecule has 0 unspecified atom stereocenters. The fourth-order valence-electron chi connectivity index (χ4n) is 6.69. The molecule has 0 bridgehead atoms. The van der Waals surface area contributed by atoms with E-state index >= 15 is 0 Å². The van der Waals surface area contributed by atoms with Crippen molar-refractivity contribution in [2.75, 3.05) is 0 Å². The van der Waals surface area contributed by atoms with Crippen LogP contribution in [0.5, 0.6) is 0 Å². The van der Waals surface area contributed by atoms with Gasteiger partial charge < -0.3 is 0 Å². The van der Waals surface area contributed by atoms with Crippen LogP contribution in [0.3, 0.4) is 0 Å². The maximum atomic E-state index is 9.79. The summed E-state index contributed by atoms with van der Waals surface area (Å²) in [6.07, 6.45) is 0. The van der Waals surface area contributed by atoms with E-state index < -0.39 is 0 Å². The largest absolute Gasteiger partial charge is 0.228 e. The molecule has 7 aromatic rings. The second-order valence-electron chi connectivity index (χ2n) is 12.6. The topological polar surface area (TPSA) is 49.6 Å². The molecule has 0 aliphatic carbocycles. The van der Waals surface area contributed by atoms with Crippen LogP contribution in [0.15, 0.2) is 161 Å². The lowest BCUT2D eigenvalue weighted by Gasteiger charge is -2.35. The number of rotatable bonds is 5. The Morgan fingerprint density at radius 3 is 1.67 bits per heavy atom. The monoisotopic (exact) mass is 633 g/mol. The summed E-state index contributed by atoms with van der Waals surface area (Å²) in [6, 6.07) is 55.1. The number of fused-ring (bicyclic) bond motifs is 2. The fraction of sp³-hybridized carbons (Fsp3) is 0.0682. The predicted octanol–water partition coefficient (Wildman–Crippen LogP) is 11.5. The van der Waals surface area contributed by atoms with Gasteiger partial charge in [-0.15, -0.1) is 0 Å². The van der Waals surface area contributed by atoms with E-state index in [0.29, 0.717) is 5.82 Å². The number of aromatic nitrogens is 2. The highest BCUT2D eigenvalue weighted by Gasteiger charge is 2.35. The number of hydrogen-bond acceptors (Lipinski definition) is 4. The average Bonchev–Trinajstić information content (AvgIpc) is 3.15. The molecule has 8 rings (SSSR count). The number of nitriles is 1. The molecule has 48 heavy (non-hydrogen) atoms. The molecule has 0 amide bonds. The first-order valence-corrected chi connectivity index (χ1v) is 16.9. The third kappa shape index (κ3) is 5.39. The highest BCUT2D eigenvalue weighted by atomic mass is 32.2. The molecule has 0 saturated carbocycles. The molecular formula is C44H31N3S. The Morgan fingerprint density at radius 1 is 0.500 bits per heavy atom. The van der Waals surface area contributed by atoms with E-state index in [4.69, 9.17) is 9.97 Å². The lowest BCUT2D eigenvalue weighted by molar-refractivity contribution is 0.605. The third-order valence-corrected chi connectivity index (χ3v) is 10.3. The Labute approximate surface area is 285 Å². The van der Waals surface area contributed by atoms with Crippen LogP contribution in [-0.4, -0.2) is 9.97 Å². The molecule has 0 saturated heterocycles. The van der Waals surface area contributed by atoms with Crippen molar-refractivity contribution in [2.45, 2.75) is 29.1 Å². The fourth-order valence-corrected chi connectivity index (χ4v) is 8.16. The van der Waals surface area contributed by atoms with Gasteiger partial charge in [0.25, 0.3) is 0 Å². The van der Waals surface area contributed by atoms with Gasteiger partial charge in [-0.1, -0.05) is 147 Å². The minimum atomic E-state index is -0.248. The van der Waals surface area contributed by atoms with Crippen LogP contribution in [-0.2, 0) is 5.41 Å². The van der Waals surface area contributed by atoms with Crippen molar-refractivity contribution in [1.82, 2.24) is 9.97 Å². The zero-order chi connectivity index (χ0) is 32.7. The molecule has 1 aliphatic rings. The van der Waals surface area contributed by atoms with Crippen LogP contribution in [0, 0.1) is 11.3 Å². The van der Waals surface area contributed by atoms with Crippen LogP contribution in [0.4, 0.5) is 0 Å². The number of benzene rings is 6. The average molecular weight is 634 g/mol. The lowest BCUT2D eigenvalue weighted by Crippen LogP contribution is -2.25. The van der Waals surface area contributed by atoms with Crippen molar-refractivity contribution in [3.8, 4) is 62.2 Å². The van der Waals surface area contributed by atoms with Gasteiger partial charge in [0.05, 0.1) is 23.0 Å². The van der Waals surface area contributed by atoms with Crippen molar-refractivity contribution in [3.63, 3.8) is 0 Å². The molecule has 0 radical (unpaired) electrons. The molecule has 228 valence electrons. The SMILES string of the molecule is CC1(C)c2ccc(-c3ccc(-c4cccc(-c5nc(-c6ccccc6)cc(-c6ccccc6)n5)c4)cc3)cc2Sc2cccc(C#N)c21. The van der Waals surface area contributed by atoms with E-state index in [1.165, 1.54) is 21.6 Å². The van der Waals surface area contributed by atoms with Gasteiger partial charge in [0.1, 0.15) is 0 Å². The van der Waals surface area contributed by atoms with Gasteiger partial charge in [-0.25, -0.2) is 9.97 Å². The van der Waals surface area contributed by atoms with Crippen molar-refractivity contribution in [1.29, 1.82) is 5.26 Å². The Kier molecular flexibility index (Phi) is 7.48. The Morgan fingerprint density at radius 2 is 1.04 bits per heavy atom. The highest BCUT2D eigenvalue weighted by Crippen LogP contribution is 2.51. The van der Waals surface area contributed by atoms with E-state index in [0.717, 1.165) is 55.2 Å². The molecule has 0 N–H and O–H groups in total. The van der Waals surface area contributed by atoms with Gasteiger partial charge in [-0.05, 0) is 63.7 Å². The molecule has 1 aromatic heterocycles. The van der Waals surface area contributed by atoms with E-state index in [2.05, 4.69) is 123 Å². The van der Waals surface area contributed by atoms with Crippen LogP contribution in [0.2, 0.25) is 0 Å². The van der Waals surface area contributed by atoms with Gasteiger partial charge in [-0.2, -0.15) is 5.26 Å². The molecule has 1 aliphatic heterocycles. The van der Waals surface area contributed by atoms with Gasteiger partial charge in [0.2, 0.25) is 0 Å². The maximum absolute atomic E-state index is 9.79. The lowest BCUT2D eigenvalue weighted by atomic mass is 9.75. The van der Waals surface area contributed by atoms with Gasteiger partial charge in [0.15, 0.2) is 5.82 Å².